The Balaban J connectivity index is 2.80. The molecule has 18 heavy (non-hydrogen) atoms. The van der Waals surface area contributed by atoms with Gasteiger partial charge in [-0.1, -0.05) is 12.2 Å². The van der Waals surface area contributed by atoms with Gasteiger partial charge in [0.2, 0.25) is 0 Å². The van der Waals surface area contributed by atoms with Crippen molar-refractivity contribution in [3.8, 4) is 0 Å². The third kappa shape index (κ3) is 4.33. The lowest BCUT2D eigenvalue weighted by Gasteiger charge is -2.20. The van der Waals surface area contributed by atoms with Crippen molar-refractivity contribution in [2.24, 2.45) is 5.73 Å². The number of amides is 1. The van der Waals surface area contributed by atoms with Crippen LogP contribution in [-0.4, -0.2) is 16.7 Å². The largest absolute Gasteiger partial charge is 0.444 e. The number of ether oxygens (including phenoxy) is 1. The van der Waals surface area contributed by atoms with Crippen LogP contribution in [0.1, 0.15) is 31.9 Å². The van der Waals surface area contributed by atoms with E-state index in [1.165, 1.54) is 0 Å². The Labute approximate surface area is 113 Å². The van der Waals surface area contributed by atoms with Crippen molar-refractivity contribution in [2.75, 3.05) is 5.32 Å². The zero-order chi connectivity index (χ0) is 13.9. The van der Waals surface area contributed by atoms with Crippen LogP contribution in [0.5, 0.6) is 0 Å². The molecule has 98 valence electrons. The molecular formula is C13H18N2O2S. The van der Waals surface area contributed by atoms with Crippen molar-refractivity contribution < 1.29 is 9.53 Å². The van der Waals surface area contributed by atoms with Gasteiger partial charge in [-0.15, -0.1) is 0 Å². The fourth-order valence-electron chi connectivity index (χ4n) is 1.37. The molecule has 0 spiro atoms. The second kappa shape index (κ2) is 5.35. The minimum atomic E-state index is -0.517. The summed E-state index contributed by atoms with van der Waals surface area (Å²) in [5.74, 6) is 0. The number of benzene rings is 1. The number of nitrogens with one attached hydrogen (secondary N) is 1. The van der Waals surface area contributed by atoms with Gasteiger partial charge in [0.05, 0.1) is 0 Å². The normalized spacial score (nSPS) is 10.9. The Morgan fingerprint density at radius 3 is 2.44 bits per heavy atom. The molecule has 0 radical (unpaired) electrons. The number of hydrogen-bond donors (Lipinski definition) is 2. The van der Waals surface area contributed by atoms with Gasteiger partial charge in [-0.05, 0) is 51.5 Å². The van der Waals surface area contributed by atoms with Crippen LogP contribution in [0, 0.1) is 6.92 Å². The van der Waals surface area contributed by atoms with Crippen LogP contribution in [0.15, 0.2) is 18.2 Å². The lowest BCUT2D eigenvalue weighted by molar-refractivity contribution is 0.0636. The minimum Gasteiger partial charge on any atom is -0.444 e. The van der Waals surface area contributed by atoms with E-state index in [2.05, 4.69) is 5.32 Å². The van der Waals surface area contributed by atoms with E-state index in [0.717, 1.165) is 11.1 Å². The summed E-state index contributed by atoms with van der Waals surface area (Å²) in [6.07, 6.45) is -0.478. The molecule has 1 aromatic carbocycles. The SMILES string of the molecule is Cc1cc(C(N)=S)ccc1NC(=O)OC(C)(C)C. The number of anilines is 1. The van der Waals surface area contributed by atoms with Crippen molar-refractivity contribution in [2.45, 2.75) is 33.3 Å². The standard InChI is InChI=1S/C13H18N2O2S/c1-8-7-9(11(14)18)5-6-10(8)15-12(16)17-13(2,3)4/h5-7H,1-4H3,(H2,14,18)(H,15,16). The summed E-state index contributed by atoms with van der Waals surface area (Å²) in [5.41, 5.74) is 7.36. The lowest BCUT2D eigenvalue weighted by Crippen LogP contribution is -2.27. The zero-order valence-electron chi connectivity index (χ0n) is 11.0. The van der Waals surface area contributed by atoms with E-state index in [1.54, 1.807) is 12.1 Å². The van der Waals surface area contributed by atoms with E-state index in [-0.39, 0.29) is 0 Å². The van der Waals surface area contributed by atoms with Crippen LogP contribution in [0.4, 0.5) is 10.5 Å². The van der Waals surface area contributed by atoms with Gasteiger partial charge in [0.15, 0.2) is 0 Å². The number of hydrogen-bond acceptors (Lipinski definition) is 3. The van der Waals surface area contributed by atoms with Gasteiger partial charge in [0.1, 0.15) is 10.6 Å². The third-order valence-corrected chi connectivity index (χ3v) is 2.38. The first kappa shape index (κ1) is 14.4. The fraction of sp³-hybridized carbons (Fsp3) is 0.385. The summed E-state index contributed by atoms with van der Waals surface area (Å²) in [5, 5.41) is 2.69. The molecule has 0 bridgehead atoms. The molecule has 0 aliphatic rings. The van der Waals surface area contributed by atoms with Crippen molar-refractivity contribution in [1.29, 1.82) is 0 Å². The van der Waals surface area contributed by atoms with Gasteiger partial charge in [-0.25, -0.2) is 4.79 Å². The zero-order valence-corrected chi connectivity index (χ0v) is 11.9. The van der Waals surface area contributed by atoms with E-state index >= 15 is 0 Å². The number of nitrogens with two attached hydrogens (primary N) is 1. The first-order chi connectivity index (χ1) is 8.19. The Kier molecular flexibility index (Phi) is 4.29. The molecule has 5 heteroatoms. The van der Waals surface area contributed by atoms with Crippen molar-refractivity contribution in [1.82, 2.24) is 0 Å². The third-order valence-electron chi connectivity index (χ3n) is 2.15. The smallest absolute Gasteiger partial charge is 0.412 e. The summed E-state index contributed by atoms with van der Waals surface area (Å²) in [6.45, 7) is 7.31. The van der Waals surface area contributed by atoms with Crippen LogP contribution >= 0.6 is 12.2 Å². The number of rotatable bonds is 2. The first-order valence-corrected chi connectivity index (χ1v) is 6.00. The molecular weight excluding hydrogens is 248 g/mol. The van der Waals surface area contributed by atoms with Crippen LogP contribution < -0.4 is 11.1 Å². The van der Waals surface area contributed by atoms with E-state index < -0.39 is 11.7 Å². The van der Waals surface area contributed by atoms with Gasteiger partial charge in [-0.2, -0.15) is 0 Å². The van der Waals surface area contributed by atoms with Gasteiger partial charge < -0.3 is 10.5 Å². The Morgan fingerprint density at radius 2 is 2.00 bits per heavy atom. The molecule has 3 N–H and O–H groups in total. The van der Waals surface area contributed by atoms with E-state index in [1.807, 2.05) is 33.8 Å². The molecule has 0 heterocycles. The highest BCUT2D eigenvalue weighted by molar-refractivity contribution is 7.80. The predicted octanol–water partition coefficient (Wildman–Crippen LogP) is 2.98. The molecule has 0 atom stereocenters. The predicted molar refractivity (Wildman–Crippen MR) is 76.9 cm³/mol. The topological polar surface area (TPSA) is 64.3 Å². The van der Waals surface area contributed by atoms with Gasteiger partial charge in [-0.3, -0.25) is 5.32 Å². The highest BCUT2D eigenvalue weighted by atomic mass is 32.1. The minimum absolute atomic E-state index is 0.335. The molecule has 1 amide bonds. The highest BCUT2D eigenvalue weighted by Crippen LogP contribution is 2.18. The maximum absolute atomic E-state index is 11.6. The lowest BCUT2D eigenvalue weighted by atomic mass is 10.1. The number of aryl methyl sites for hydroxylation is 1. The summed E-state index contributed by atoms with van der Waals surface area (Å²) < 4.78 is 5.17. The molecule has 1 rings (SSSR count). The Hall–Kier alpha value is -1.62. The summed E-state index contributed by atoms with van der Waals surface area (Å²) in [6, 6.07) is 5.35. The van der Waals surface area contributed by atoms with Crippen LogP contribution in [-0.2, 0) is 4.74 Å². The van der Waals surface area contributed by atoms with Crippen molar-refractivity contribution >= 4 is 29.0 Å². The van der Waals surface area contributed by atoms with Crippen LogP contribution in [0.2, 0.25) is 0 Å². The molecule has 0 aliphatic carbocycles. The van der Waals surface area contributed by atoms with Crippen LogP contribution in [0.3, 0.4) is 0 Å². The number of thiocarbonyl (C=S) groups is 1. The molecule has 0 fully saturated rings. The van der Waals surface area contributed by atoms with Gasteiger partial charge in [0.25, 0.3) is 0 Å². The van der Waals surface area contributed by atoms with Gasteiger partial charge >= 0.3 is 6.09 Å². The quantitative estimate of drug-likeness (QED) is 0.808. The van der Waals surface area contributed by atoms with E-state index in [4.69, 9.17) is 22.7 Å². The molecule has 0 aromatic heterocycles. The second-order valence-electron chi connectivity index (χ2n) is 5.02. The molecule has 0 saturated heterocycles. The molecule has 4 nitrogen and oxygen atoms in total. The molecule has 0 saturated carbocycles. The number of carbonyl (C=O) groups is 1. The average Bonchev–Trinajstić information content (AvgIpc) is 2.17. The summed E-state index contributed by atoms with van der Waals surface area (Å²) in [4.78, 5) is 12.0. The monoisotopic (exact) mass is 266 g/mol. The van der Waals surface area contributed by atoms with Gasteiger partial charge in [0, 0.05) is 11.3 Å². The first-order valence-electron chi connectivity index (χ1n) is 5.59. The average molecular weight is 266 g/mol. The fourth-order valence-corrected chi connectivity index (χ4v) is 1.50. The van der Waals surface area contributed by atoms with Crippen LogP contribution in [0.25, 0.3) is 0 Å². The summed E-state index contributed by atoms with van der Waals surface area (Å²) in [7, 11) is 0. The van der Waals surface area contributed by atoms with E-state index in [9.17, 15) is 4.79 Å². The second-order valence-corrected chi connectivity index (χ2v) is 5.46. The molecule has 0 unspecified atom stereocenters. The molecule has 0 aliphatic heterocycles. The summed E-state index contributed by atoms with van der Waals surface area (Å²) >= 11 is 4.89. The number of carbonyl (C=O) groups excluding carboxylic acids is 1. The maximum Gasteiger partial charge on any atom is 0.412 e. The Morgan fingerprint density at radius 1 is 1.39 bits per heavy atom. The highest BCUT2D eigenvalue weighted by Gasteiger charge is 2.16. The van der Waals surface area contributed by atoms with Crippen molar-refractivity contribution in [3.63, 3.8) is 0 Å². The maximum atomic E-state index is 11.6. The van der Waals surface area contributed by atoms with Crippen molar-refractivity contribution in [3.05, 3.63) is 29.3 Å². The Bertz CT molecular complexity index is 478. The molecule has 1 aromatic rings. The van der Waals surface area contributed by atoms with E-state index in [0.29, 0.717) is 10.7 Å².